The highest BCUT2D eigenvalue weighted by Gasteiger charge is 2.69. The van der Waals surface area contributed by atoms with Crippen LogP contribution in [0.5, 0.6) is 0 Å². The normalized spacial score (nSPS) is 49.2. The van der Waals surface area contributed by atoms with Crippen LogP contribution in [0, 0.1) is 40.4 Å². The van der Waals surface area contributed by atoms with Gasteiger partial charge in [-0.25, -0.2) is 0 Å². The van der Waals surface area contributed by atoms with Gasteiger partial charge in [-0.2, -0.15) is 0 Å². The predicted octanol–water partition coefficient (Wildman–Crippen LogP) is 3.08. The first-order valence-corrected chi connectivity index (χ1v) is 13.4. The summed E-state index contributed by atoms with van der Waals surface area (Å²) >= 11 is 0. The number of carbonyl (C=O) groups is 1. The number of aliphatic hydroxyl groups is 4. The zero-order valence-corrected chi connectivity index (χ0v) is 21.0. The van der Waals surface area contributed by atoms with Crippen molar-refractivity contribution < 1.29 is 30.0 Å². The van der Waals surface area contributed by atoms with Gasteiger partial charge in [0.25, 0.3) is 0 Å². The van der Waals surface area contributed by atoms with Gasteiger partial charge in [0.1, 0.15) is 5.78 Å². The molecule has 0 spiro atoms. The summed E-state index contributed by atoms with van der Waals surface area (Å²) in [5.74, 6) is 0.221. The average molecular weight is 467 g/mol. The summed E-state index contributed by atoms with van der Waals surface area (Å²) in [5, 5.41) is 43.9. The van der Waals surface area contributed by atoms with Crippen molar-refractivity contribution >= 4 is 5.78 Å². The van der Waals surface area contributed by atoms with Crippen molar-refractivity contribution in [2.24, 2.45) is 40.4 Å². The second-order valence-electron chi connectivity index (χ2n) is 12.4. The first-order valence-electron chi connectivity index (χ1n) is 13.4. The molecular weight excluding hydrogens is 420 g/mol. The Morgan fingerprint density at radius 1 is 1.09 bits per heavy atom. The number of hydrogen-bond donors (Lipinski definition) is 4. The van der Waals surface area contributed by atoms with Crippen LogP contribution in [0.15, 0.2) is 0 Å². The summed E-state index contributed by atoms with van der Waals surface area (Å²) in [5.41, 5.74) is -1.65. The second kappa shape index (κ2) is 9.16. The van der Waals surface area contributed by atoms with Crippen LogP contribution in [0.1, 0.15) is 85.5 Å². The molecule has 6 nitrogen and oxygen atoms in total. The summed E-state index contributed by atoms with van der Waals surface area (Å²) < 4.78 is 5.59. The Hall–Kier alpha value is -0.530. The molecule has 0 aliphatic heterocycles. The van der Waals surface area contributed by atoms with Crippen molar-refractivity contribution in [3.63, 3.8) is 0 Å². The van der Waals surface area contributed by atoms with Crippen LogP contribution >= 0.6 is 0 Å². The Bertz CT molecular complexity index is 727. The molecule has 33 heavy (non-hydrogen) atoms. The molecule has 0 bridgehead atoms. The van der Waals surface area contributed by atoms with E-state index < -0.39 is 23.9 Å². The van der Waals surface area contributed by atoms with Crippen molar-refractivity contribution in [3.8, 4) is 0 Å². The summed E-state index contributed by atoms with van der Waals surface area (Å²) in [4.78, 5) is 13.3. The predicted molar refractivity (Wildman–Crippen MR) is 125 cm³/mol. The van der Waals surface area contributed by atoms with Crippen LogP contribution in [0.4, 0.5) is 0 Å². The summed E-state index contributed by atoms with van der Waals surface area (Å²) in [6, 6.07) is 0. The second-order valence-corrected chi connectivity index (χ2v) is 12.4. The molecule has 4 rings (SSSR count). The van der Waals surface area contributed by atoms with Crippen LogP contribution in [0.3, 0.4) is 0 Å². The number of hydrogen-bond acceptors (Lipinski definition) is 6. The van der Waals surface area contributed by atoms with Crippen LogP contribution in [0.25, 0.3) is 0 Å². The van der Waals surface area contributed by atoms with E-state index in [2.05, 4.69) is 27.7 Å². The van der Waals surface area contributed by atoms with Crippen molar-refractivity contribution in [2.45, 2.75) is 109 Å². The lowest BCUT2D eigenvalue weighted by atomic mass is 9.42. The Balaban J connectivity index is 1.55. The molecule has 11 atom stereocenters. The summed E-state index contributed by atoms with van der Waals surface area (Å²) in [7, 11) is 0. The third-order valence-corrected chi connectivity index (χ3v) is 10.9. The van der Waals surface area contributed by atoms with Gasteiger partial charge < -0.3 is 25.2 Å². The zero-order chi connectivity index (χ0) is 24.2. The summed E-state index contributed by atoms with van der Waals surface area (Å²) in [6.07, 6.45) is 3.92. The molecule has 4 aliphatic rings. The van der Waals surface area contributed by atoms with E-state index in [1.165, 1.54) is 0 Å². The molecule has 0 amide bonds. The number of Topliss-reactive ketones (excluding diaryl/α,β-unsaturated/α-hetero) is 1. The Morgan fingerprint density at radius 3 is 2.52 bits per heavy atom. The van der Waals surface area contributed by atoms with Crippen molar-refractivity contribution in [1.29, 1.82) is 0 Å². The van der Waals surface area contributed by atoms with E-state index in [0.29, 0.717) is 45.3 Å². The molecule has 6 heteroatoms. The van der Waals surface area contributed by atoms with Crippen LogP contribution in [-0.4, -0.2) is 63.3 Å². The number of carbonyl (C=O) groups excluding carboxylic acids is 1. The number of rotatable bonds is 7. The molecule has 4 aliphatic carbocycles. The van der Waals surface area contributed by atoms with Gasteiger partial charge >= 0.3 is 0 Å². The van der Waals surface area contributed by atoms with Gasteiger partial charge in [0.05, 0.1) is 23.9 Å². The zero-order valence-electron chi connectivity index (χ0n) is 21.0. The Kier molecular flexibility index (Phi) is 7.10. The highest BCUT2D eigenvalue weighted by molar-refractivity contribution is 5.83. The van der Waals surface area contributed by atoms with Gasteiger partial charge in [-0.15, -0.1) is 0 Å². The van der Waals surface area contributed by atoms with E-state index in [4.69, 9.17) is 4.74 Å². The van der Waals surface area contributed by atoms with Crippen molar-refractivity contribution in [3.05, 3.63) is 0 Å². The maximum atomic E-state index is 13.3. The Labute approximate surface area is 199 Å². The maximum absolute atomic E-state index is 13.3. The number of ether oxygens (including phenoxy) is 1. The number of aliphatic hydroxyl groups excluding tert-OH is 3. The topological polar surface area (TPSA) is 107 Å². The fourth-order valence-electron chi connectivity index (χ4n) is 8.89. The maximum Gasteiger partial charge on any atom is 0.137 e. The lowest BCUT2D eigenvalue weighted by Crippen LogP contribution is -2.65. The fourth-order valence-corrected chi connectivity index (χ4v) is 8.89. The number of fused-ring (bicyclic) bond motifs is 5. The first-order chi connectivity index (χ1) is 15.5. The minimum atomic E-state index is -0.933. The van der Waals surface area contributed by atoms with Gasteiger partial charge in [-0.05, 0) is 85.9 Å². The molecule has 190 valence electrons. The van der Waals surface area contributed by atoms with E-state index in [0.717, 1.165) is 25.7 Å². The minimum absolute atomic E-state index is 0.0556. The summed E-state index contributed by atoms with van der Waals surface area (Å²) in [6.45, 7) is 9.76. The van der Waals surface area contributed by atoms with Crippen LogP contribution in [-0.2, 0) is 9.53 Å². The molecule has 0 heterocycles. The van der Waals surface area contributed by atoms with Crippen molar-refractivity contribution in [1.82, 2.24) is 0 Å². The lowest BCUT2D eigenvalue weighted by molar-refractivity contribution is -0.220. The van der Waals surface area contributed by atoms with E-state index >= 15 is 0 Å². The molecule has 11 unspecified atom stereocenters. The van der Waals surface area contributed by atoms with E-state index in [-0.39, 0.29) is 46.2 Å². The molecule has 0 aromatic heterocycles. The average Bonchev–Trinajstić information content (AvgIpc) is 3.04. The third kappa shape index (κ3) is 3.92. The molecule has 4 N–H and O–H groups in total. The van der Waals surface area contributed by atoms with Crippen LogP contribution < -0.4 is 0 Å². The smallest absolute Gasteiger partial charge is 0.137 e. The standard InChI is InChI=1S/C27H46O6/c1-5-11-33-12-8-21(28)16(2)17-7-10-27(32)19-13-22(29)20-14-23(30)24(31)15-25(20,3)18(19)6-9-26(17,27)4/h16-21,23-24,28,30-32H,5-15H2,1-4H3. The highest BCUT2D eigenvalue weighted by Crippen LogP contribution is 2.69. The number of ketones is 1. The molecule has 0 saturated heterocycles. The van der Waals surface area contributed by atoms with E-state index in [1.807, 2.05) is 0 Å². The molecule has 0 aromatic rings. The first kappa shape index (κ1) is 25.6. The Morgan fingerprint density at radius 2 is 1.82 bits per heavy atom. The quantitative estimate of drug-likeness (QED) is 0.430. The van der Waals surface area contributed by atoms with Crippen molar-refractivity contribution in [2.75, 3.05) is 13.2 Å². The SMILES string of the molecule is CCCOCCC(O)C(C)C1CCC2(O)C3CC(=O)C4CC(O)C(O)CC4(C)C3CCC12C. The van der Waals surface area contributed by atoms with E-state index in [1.54, 1.807) is 0 Å². The van der Waals surface area contributed by atoms with E-state index in [9.17, 15) is 25.2 Å². The largest absolute Gasteiger partial charge is 0.393 e. The van der Waals surface area contributed by atoms with Gasteiger partial charge in [-0.1, -0.05) is 27.7 Å². The molecular formula is C27H46O6. The third-order valence-electron chi connectivity index (χ3n) is 10.9. The lowest BCUT2D eigenvalue weighted by Gasteiger charge is -2.63. The molecule has 0 aromatic carbocycles. The van der Waals surface area contributed by atoms with Gasteiger partial charge in [0, 0.05) is 25.6 Å². The van der Waals surface area contributed by atoms with Gasteiger partial charge in [-0.3, -0.25) is 4.79 Å². The van der Waals surface area contributed by atoms with Crippen LogP contribution in [0.2, 0.25) is 0 Å². The monoisotopic (exact) mass is 466 g/mol. The highest BCUT2D eigenvalue weighted by atomic mass is 16.5. The molecule has 4 fully saturated rings. The molecule has 4 saturated carbocycles. The van der Waals surface area contributed by atoms with Gasteiger partial charge in [0.15, 0.2) is 0 Å². The minimum Gasteiger partial charge on any atom is -0.393 e. The molecule has 0 radical (unpaired) electrons. The van der Waals surface area contributed by atoms with Gasteiger partial charge in [0.2, 0.25) is 0 Å². The fraction of sp³-hybridized carbons (Fsp3) is 0.963.